The molecule has 2 rings (SSSR count). The molecular weight excluding hydrogens is 364 g/mol. The van der Waals surface area contributed by atoms with Crippen molar-refractivity contribution in [3.8, 4) is 0 Å². The molecule has 1 atom stereocenters. The fourth-order valence-corrected chi connectivity index (χ4v) is 3.40. The zero-order valence-electron chi connectivity index (χ0n) is 14.3. The first kappa shape index (κ1) is 20.9. The summed E-state index contributed by atoms with van der Waals surface area (Å²) in [7, 11) is -1.22. The summed E-state index contributed by atoms with van der Waals surface area (Å²) in [5, 5.41) is 3.23. The van der Waals surface area contributed by atoms with Crippen LogP contribution in [0, 0.1) is 12.3 Å². The van der Waals surface area contributed by atoms with E-state index in [1.807, 2.05) is 49.4 Å². The molecule has 0 bridgehead atoms. The Morgan fingerprint density at radius 2 is 1.62 bits per heavy atom. The molecule has 0 radical (unpaired) electrons. The molecule has 132 valence electrons. The molecule has 1 unspecified atom stereocenters. The number of benzene rings is 2. The average molecular weight is 389 g/mol. The van der Waals surface area contributed by atoms with Gasteiger partial charge in [0.2, 0.25) is 0 Å². The van der Waals surface area contributed by atoms with Crippen molar-refractivity contribution >= 4 is 16.4 Å². The van der Waals surface area contributed by atoms with Crippen molar-refractivity contribution in [2.75, 3.05) is 0 Å². The summed E-state index contributed by atoms with van der Waals surface area (Å²) in [4.78, 5) is 0.817. The molecule has 2 aromatic rings. The summed E-state index contributed by atoms with van der Waals surface area (Å²) < 4.78 is 12.6. The number of allylic oxidation sites excluding steroid dienone is 1. The topological polar surface area (TPSA) is 17.1 Å². The van der Waals surface area contributed by atoms with Gasteiger partial charge in [-0.15, -0.1) is 12.1 Å². The van der Waals surface area contributed by atoms with E-state index in [2.05, 4.69) is 24.5 Å². The number of hydrogen-bond donors (Lipinski definition) is 0. The molecule has 0 saturated heterocycles. The smallest absolute Gasteiger partial charge is 0.270 e. The first-order chi connectivity index (χ1) is 11.2. The van der Waals surface area contributed by atoms with Gasteiger partial charge in [0.1, 0.15) is 0 Å². The van der Waals surface area contributed by atoms with Crippen LogP contribution in [0.5, 0.6) is 0 Å². The Balaban J connectivity index is 0.00000288. The van der Waals surface area contributed by atoms with Crippen LogP contribution in [0.1, 0.15) is 50.2 Å². The van der Waals surface area contributed by atoms with Crippen LogP contribution in [-0.2, 0) is 27.9 Å². The van der Waals surface area contributed by atoms with E-state index < -0.39 is 10.8 Å². The van der Waals surface area contributed by atoms with Gasteiger partial charge in [0.25, 0.3) is 0 Å². The van der Waals surface area contributed by atoms with E-state index in [4.69, 9.17) is 0 Å². The van der Waals surface area contributed by atoms with Crippen molar-refractivity contribution in [3.63, 3.8) is 0 Å². The first-order valence-corrected chi connectivity index (χ1v) is 9.52. The maximum Gasteiger partial charge on any atom is 1.00 e. The zero-order valence-corrected chi connectivity index (χ0v) is 16.1. The van der Waals surface area contributed by atoms with Gasteiger partial charge in [-0.1, -0.05) is 74.9 Å². The molecule has 3 heteroatoms. The van der Waals surface area contributed by atoms with Crippen LogP contribution < -0.4 is 0 Å². The van der Waals surface area contributed by atoms with Crippen LogP contribution in [-0.4, -0.2) is 4.21 Å². The minimum Gasteiger partial charge on any atom is -0.270 e. The molecule has 0 heterocycles. The predicted octanol–water partition coefficient (Wildman–Crippen LogP) is 5.91. The molecule has 2 aromatic carbocycles. The third kappa shape index (κ3) is 6.76. The van der Waals surface area contributed by atoms with Gasteiger partial charge >= 0.3 is 17.1 Å². The third-order valence-electron chi connectivity index (χ3n) is 3.85. The molecule has 0 fully saturated rings. The monoisotopic (exact) mass is 388 g/mol. The standard InChI is InChI=1S/C21H25OS.Cu/c1-3-4-5-7-12-20(19-10-8-6-9-11-19)17-23(22)21-15-13-18(2)14-16-21;/h6,8-11,13-16H,3-5,7,12H2,1-2H3;/q-1;+1. The minimum atomic E-state index is -1.22. The summed E-state index contributed by atoms with van der Waals surface area (Å²) in [6.45, 7) is 4.25. The van der Waals surface area contributed by atoms with E-state index in [0.717, 1.165) is 28.9 Å². The van der Waals surface area contributed by atoms with E-state index >= 15 is 0 Å². The van der Waals surface area contributed by atoms with Crippen molar-refractivity contribution in [1.82, 2.24) is 0 Å². The third-order valence-corrected chi connectivity index (χ3v) is 4.99. The van der Waals surface area contributed by atoms with Crippen molar-refractivity contribution in [2.24, 2.45) is 0 Å². The second-order valence-corrected chi connectivity index (χ2v) is 7.05. The molecule has 0 aromatic heterocycles. The van der Waals surface area contributed by atoms with Gasteiger partial charge in [-0.3, -0.25) is 4.21 Å². The average Bonchev–Trinajstić information content (AvgIpc) is 2.59. The fourth-order valence-electron chi connectivity index (χ4n) is 2.45. The molecule has 0 saturated carbocycles. The SMILES string of the molecule is CCCCCCC(=[C-]S(=O)c1ccc(C)cc1)c1ccccc1.[Cu+]. The van der Waals surface area contributed by atoms with Gasteiger partial charge in [-0.25, -0.2) is 5.57 Å². The van der Waals surface area contributed by atoms with E-state index in [0.29, 0.717) is 0 Å². The van der Waals surface area contributed by atoms with Gasteiger partial charge in [-0.2, -0.15) is 11.0 Å². The molecule has 0 aliphatic carbocycles. The van der Waals surface area contributed by atoms with E-state index in [1.54, 1.807) is 0 Å². The van der Waals surface area contributed by atoms with E-state index in [1.165, 1.54) is 24.8 Å². The molecule has 0 aliphatic rings. The molecular formula is C21H25CuOS. The van der Waals surface area contributed by atoms with Crippen LogP contribution in [0.2, 0.25) is 0 Å². The summed E-state index contributed by atoms with van der Waals surface area (Å²) in [5.41, 5.74) is 3.38. The zero-order chi connectivity index (χ0) is 16.5. The second-order valence-electron chi connectivity index (χ2n) is 5.84. The van der Waals surface area contributed by atoms with Crippen molar-refractivity contribution in [1.29, 1.82) is 0 Å². The van der Waals surface area contributed by atoms with Gasteiger partial charge in [-0.05, 0) is 29.9 Å². The predicted molar refractivity (Wildman–Crippen MR) is 99.4 cm³/mol. The van der Waals surface area contributed by atoms with Crippen molar-refractivity contribution in [3.05, 3.63) is 71.1 Å². The summed E-state index contributed by atoms with van der Waals surface area (Å²) >= 11 is 0. The Morgan fingerprint density at radius 3 is 2.25 bits per heavy atom. The Kier molecular flexibility index (Phi) is 9.93. The molecule has 0 amide bonds. The maximum atomic E-state index is 12.6. The normalized spacial score (nSPS) is 12.5. The number of rotatable bonds is 8. The minimum absolute atomic E-state index is 0. The van der Waals surface area contributed by atoms with Crippen LogP contribution >= 0.6 is 0 Å². The summed E-state index contributed by atoms with van der Waals surface area (Å²) in [5.74, 6) is 0. The van der Waals surface area contributed by atoms with Gasteiger partial charge in [0.15, 0.2) is 0 Å². The van der Waals surface area contributed by atoms with Crippen LogP contribution in [0.15, 0.2) is 59.5 Å². The molecule has 0 spiro atoms. The van der Waals surface area contributed by atoms with Crippen LogP contribution in [0.3, 0.4) is 0 Å². The summed E-state index contributed by atoms with van der Waals surface area (Å²) in [6, 6.07) is 18.1. The molecule has 0 aliphatic heterocycles. The first-order valence-electron chi connectivity index (χ1n) is 8.37. The molecule has 1 nitrogen and oxygen atoms in total. The second kappa shape index (κ2) is 11.4. The van der Waals surface area contributed by atoms with Crippen LogP contribution in [0.25, 0.3) is 5.57 Å². The summed E-state index contributed by atoms with van der Waals surface area (Å²) in [6.07, 6.45) is 5.75. The fraction of sp³-hybridized carbons (Fsp3) is 0.333. The van der Waals surface area contributed by atoms with Gasteiger partial charge in [0, 0.05) is 4.90 Å². The Hall–Kier alpha value is -1.15. The largest absolute Gasteiger partial charge is 1.00 e. The molecule has 0 N–H and O–H groups in total. The number of unbranched alkanes of at least 4 members (excludes halogenated alkanes) is 3. The number of aryl methyl sites for hydroxylation is 1. The van der Waals surface area contributed by atoms with Gasteiger partial charge in [0.05, 0.1) is 0 Å². The number of hydrogen-bond acceptors (Lipinski definition) is 1. The van der Waals surface area contributed by atoms with E-state index in [9.17, 15) is 4.21 Å². The van der Waals surface area contributed by atoms with E-state index in [-0.39, 0.29) is 17.1 Å². The molecule has 24 heavy (non-hydrogen) atoms. The Bertz CT molecular complexity index is 647. The van der Waals surface area contributed by atoms with Gasteiger partial charge < -0.3 is 0 Å². The Morgan fingerprint density at radius 1 is 0.958 bits per heavy atom. The quantitative estimate of drug-likeness (QED) is 0.312. The van der Waals surface area contributed by atoms with Crippen molar-refractivity contribution < 1.29 is 21.3 Å². The van der Waals surface area contributed by atoms with Crippen molar-refractivity contribution in [2.45, 2.75) is 50.8 Å². The van der Waals surface area contributed by atoms with Crippen LogP contribution in [0.4, 0.5) is 0 Å². The Labute approximate surface area is 159 Å². The maximum absolute atomic E-state index is 12.6.